The summed E-state index contributed by atoms with van der Waals surface area (Å²) in [7, 11) is 2.92. The molecule has 9 nitrogen and oxygen atoms in total. The first kappa shape index (κ1) is 22.0. The minimum absolute atomic E-state index is 0.0314. The number of halogens is 2. The van der Waals surface area contributed by atoms with Crippen LogP contribution in [0.1, 0.15) is 25.0 Å². The molecule has 1 fully saturated rings. The molecular formula is C20H21F2N7O2. The SMILES string of the molecule is CN(C)C(=O)[C@H](CC(F)F)Nc1cc(-c2cnc(NC(=O)C3CC3)cn2)cnc1C#N. The van der Waals surface area contributed by atoms with E-state index in [-0.39, 0.29) is 23.2 Å². The number of nitrogens with one attached hydrogen (secondary N) is 2. The lowest BCUT2D eigenvalue weighted by Crippen LogP contribution is -2.40. The quantitative estimate of drug-likeness (QED) is 0.660. The van der Waals surface area contributed by atoms with Crippen LogP contribution >= 0.6 is 0 Å². The zero-order valence-corrected chi connectivity index (χ0v) is 17.0. The second-order valence-electron chi connectivity index (χ2n) is 7.34. The van der Waals surface area contributed by atoms with Crippen molar-refractivity contribution in [3.63, 3.8) is 0 Å². The summed E-state index contributed by atoms with van der Waals surface area (Å²) in [6, 6.07) is 2.15. The van der Waals surface area contributed by atoms with E-state index in [0.717, 1.165) is 12.8 Å². The van der Waals surface area contributed by atoms with E-state index in [9.17, 15) is 23.6 Å². The highest BCUT2D eigenvalue weighted by Crippen LogP contribution is 2.30. The number of anilines is 2. The van der Waals surface area contributed by atoms with E-state index in [4.69, 9.17) is 0 Å². The third kappa shape index (κ3) is 5.69. The maximum Gasteiger partial charge on any atom is 0.244 e. The Kier molecular flexibility index (Phi) is 6.69. The number of aromatic nitrogens is 3. The highest BCUT2D eigenvalue weighted by molar-refractivity contribution is 5.93. The molecule has 0 saturated heterocycles. The Morgan fingerprint density at radius 3 is 2.52 bits per heavy atom. The van der Waals surface area contributed by atoms with Gasteiger partial charge in [-0.25, -0.2) is 18.7 Å². The van der Waals surface area contributed by atoms with Crippen LogP contribution in [-0.2, 0) is 9.59 Å². The van der Waals surface area contributed by atoms with E-state index < -0.39 is 24.8 Å². The molecule has 162 valence electrons. The van der Waals surface area contributed by atoms with Gasteiger partial charge in [-0.05, 0) is 18.9 Å². The molecule has 11 heteroatoms. The van der Waals surface area contributed by atoms with E-state index in [1.54, 1.807) is 0 Å². The molecule has 31 heavy (non-hydrogen) atoms. The largest absolute Gasteiger partial charge is 0.371 e. The van der Waals surface area contributed by atoms with Gasteiger partial charge in [0.25, 0.3) is 0 Å². The van der Waals surface area contributed by atoms with Gasteiger partial charge >= 0.3 is 0 Å². The molecule has 3 rings (SSSR count). The fourth-order valence-electron chi connectivity index (χ4n) is 2.82. The van der Waals surface area contributed by atoms with E-state index >= 15 is 0 Å². The topological polar surface area (TPSA) is 124 Å². The molecule has 1 aliphatic carbocycles. The van der Waals surface area contributed by atoms with Gasteiger partial charge in [0.2, 0.25) is 18.2 Å². The first-order chi connectivity index (χ1) is 14.8. The maximum atomic E-state index is 13.0. The average molecular weight is 429 g/mol. The third-order valence-corrected chi connectivity index (χ3v) is 4.62. The summed E-state index contributed by atoms with van der Waals surface area (Å²) in [6.45, 7) is 0. The second kappa shape index (κ2) is 9.42. The van der Waals surface area contributed by atoms with Crippen LogP contribution in [-0.4, -0.2) is 58.2 Å². The molecule has 2 aromatic heterocycles. The molecular weight excluding hydrogens is 408 g/mol. The van der Waals surface area contributed by atoms with Crippen molar-refractivity contribution in [2.24, 2.45) is 5.92 Å². The van der Waals surface area contributed by atoms with Crippen molar-refractivity contribution in [3.05, 3.63) is 30.4 Å². The Balaban J connectivity index is 1.83. The standard InChI is InChI=1S/C20H21F2N7O2/c1-29(2)20(31)14(6-17(21)22)27-13-5-12(8-24-15(13)7-23)16-9-26-18(10-25-16)28-19(30)11-3-4-11/h5,8-11,14,17,27H,3-4,6H2,1-2H3,(H,26,28,30)/t14-/m0/s1. The Hall–Kier alpha value is -3.68. The number of likely N-dealkylation sites (N-methyl/N-ethyl adjacent to an activating group) is 1. The normalized spacial score (nSPS) is 13.9. The molecule has 1 aliphatic rings. The summed E-state index contributed by atoms with van der Waals surface area (Å²) in [5.41, 5.74) is 0.945. The first-order valence-corrected chi connectivity index (χ1v) is 9.57. The molecule has 2 aromatic rings. The fraction of sp³-hybridized carbons (Fsp3) is 0.400. The predicted octanol–water partition coefficient (Wildman–Crippen LogP) is 2.28. The Labute approximate surface area is 177 Å². The van der Waals surface area contributed by atoms with E-state index in [1.165, 1.54) is 43.7 Å². The van der Waals surface area contributed by atoms with Crippen molar-refractivity contribution in [3.8, 4) is 17.3 Å². The smallest absolute Gasteiger partial charge is 0.244 e. The summed E-state index contributed by atoms with van der Waals surface area (Å²) in [4.78, 5) is 37.7. The van der Waals surface area contributed by atoms with Crippen LogP contribution in [0.2, 0.25) is 0 Å². The summed E-state index contributed by atoms with van der Waals surface area (Å²) >= 11 is 0. The highest BCUT2D eigenvalue weighted by atomic mass is 19.3. The molecule has 0 aliphatic heterocycles. The van der Waals surface area contributed by atoms with Crippen LogP contribution in [0, 0.1) is 17.2 Å². The van der Waals surface area contributed by atoms with Crippen LogP contribution < -0.4 is 10.6 Å². The molecule has 0 radical (unpaired) electrons. The molecule has 1 saturated carbocycles. The van der Waals surface area contributed by atoms with Crippen molar-refractivity contribution < 1.29 is 18.4 Å². The first-order valence-electron chi connectivity index (χ1n) is 9.57. The minimum Gasteiger partial charge on any atom is -0.371 e. The van der Waals surface area contributed by atoms with Crippen LogP contribution in [0.3, 0.4) is 0 Å². The lowest BCUT2D eigenvalue weighted by atomic mass is 10.1. The molecule has 1 atom stereocenters. The number of rotatable bonds is 8. The summed E-state index contributed by atoms with van der Waals surface area (Å²) in [5.74, 6) is -0.299. The van der Waals surface area contributed by atoms with Crippen LogP contribution in [0.15, 0.2) is 24.7 Å². The van der Waals surface area contributed by atoms with E-state index in [2.05, 4.69) is 25.6 Å². The van der Waals surface area contributed by atoms with Crippen molar-refractivity contribution in [1.82, 2.24) is 19.9 Å². The van der Waals surface area contributed by atoms with Gasteiger partial charge in [-0.3, -0.25) is 14.6 Å². The van der Waals surface area contributed by atoms with Crippen molar-refractivity contribution in [2.45, 2.75) is 31.7 Å². The summed E-state index contributed by atoms with van der Waals surface area (Å²) in [6.07, 6.45) is 2.52. The summed E-state index contributed by atoms with van der Waals surface area (Å²) in [5, 5.41) is 14.7. The molecule has 0 spiro atoms. The predicted molar refractivity (Wildman–Crippen MR) is 108 cm³/mol. The number of carbonyl (C=O) groups excluding carboxylic acids is 2. The monoisotopic (exact) mass is 429 g/mol. The number of pyridine rings is 1. The van der Waals surface area contributed by atoms with Crippen LogP contribution in [0.25, 0.3) is 11.3 Å². The molecule has 2 N–H and O–H groups in total. The second-order valence-corrected chi connectivity index (χ2v) is 7.34. The van der Waals surface area contributed by atoms with Crippen molar-refractivity contribution in [1.29, 1.82) is 5.26 Å². The van der Waals surface area contributed by atoms with Gasteiger partial charge in [0.05, 0.1) is 23.8 Å². The number of hydrogen-bond acceptors (Lipinski definition) is 7. The van der Waals surface area contributed by atoms with E-state index in [1.807, 2.05) is 6.07 Å². The zero-order valence-electron chi connectivity index (χ0n) is 17.0. The lowest BCUT2D eigenvalue weighted by Gasteiger charge is -2.23. The Morgan fingerprint density at radius 2 is 1.97 bits per heavy atom. The van der Waals surface area contributed by atoms with Gasteiger partial charge in [-0.1, -0.05) is 0 Å². The van der Waals surface area contributed by atoms with Gasteiger partial charge in [0.1, 0.15) is 12.1 Å². The maximum absolute atomic E-state index is 13.0. The van der Waals surface area contributed by atoms with Gasteiger partial charge in [-0.2, -0.15) is 5.26 Å². The van der Waals surface area contributed by atoms with E-state index in [0.29, 0.717) is 17.1 Å². The number of amides is 2. The number of alkyl halides is 2. The molecule has 2 amide bonds. The lowest BCUT2D eigenvalue weighted by molar-refractivity contribution is -0.130. The van der Waals surface area contributed by atoms with Crippen LogP contribution in [0.5, 0.6) is 0 Å². The number of hydrogen-bond donors (Lipinski definition) is 2. The number of nitriles is 1. The molecule has 2 heterocycles. The van der Waals surface area contributed by atoms with Gasteiger partial charge in [-0.15, -0.1) is 0 Å². The highest BCUT2D eigenvalue weighted by Gasteiger charge is 2.30. The molecule has 0 unspecified atom stereocenters. The number of carbonyl (C=O) groups is 2. The van der Waals surface area contributed by atoms with Gasteiger partial charge in [0, 0.05) is 38.2 Å². The van der Waals surface area contributed by atoms with Crippen molar-refractivity contribution >= 4 is 23.3 Å². The number of nitrogens with zero attached hydrogens (tertiary/aromatic N) is 5. The average Bonchev–Trinajstić information content (AvgIpc) is 3.58. The third-order valence-electron chi connectivity index (χ3n) is 4.62. The zero-order chi connectivity index (χ0) is 22.5. The Bertz CT molecular complexity index is 1000. The molecule has 0 bridgehead atoms. The summed E-state index contributed by atoms with van der Waals surface area (Å²) < 4.78 is 26.0. The van der Waals surface area contributed by atoms with Gasteiger partial charge < -0.3 is 15.5 Å². The fourth-order valence-corrected chi connectivity index (χ4v) is 2.82. The molecule has 0 aromatic carbocycles. The Morgan fingerprint density at radius 1 is 1.23 bits per heavy atom. The van der Waals surface area contributed by atoms with Gasteiger partial charge in [0.15, 0.2) is 11.5 Å². The van der Waals surface area contributed by atoms with Crippen molar-refractivity contribution in [2.75, 3.05) is 24.7 Å². The minimum atomic E-state index is -2.72. The van der Waals surface area contributed by atoms with Crippen LogP contribution in [0.4, 0.5) is 20.3 Å².